The first kappa shape index (κ1) is 17.1. The van der Waals surface area contributed by atoms with E-state index in [0.717, 1.165) is 29.0 Å². The summed E-state index contributed by atoms with van der Waals surface area (Å²) in [5.74, 6) is 2.03. The summed E-state index contributed by atoms with van der Waals surface area (Å²) in [6.45, 7) is 6.53. The number of aromatic hydroxyl groups is 1. The van der Waals surface area contributed by atoms with Gasteiger partial charge in [0.15, 0.2) is 11.5 Å². The van der Waals surface area contributed by atoms with Crippen molar-refractivity contribution < 1.29 is 14.3 Å². The van der Waals surface area contributed by atoms with E-state index < -0.39 is 0 Å². The molecule has 0 fully saturated rings. The Labute approximate surface area is 156 Å². The third kappa shape index (κ3) is 3.45. The number of phenolic OH excluding ortho intramolecular Hbond substituents is 1. The van der Waals surface area contributed by atoms with Crippen molar-refractivity contribution in [3.05, 3.63) is 46.5 Å². The lowest BCUT2D eigenvalue weighted by Crippen LogP contribution is -2.25. The lowest BCUT2D eigenvalue weighted by molar-refractivity contribution is 0.200. The van der Waals surface area contributed by atoms with Gasteiger partial charge in [0.25, 0.3) is 0 Å². The molecule has 0 saturated heterocycles. The zero-order chi connectivity index (χ0) is 18.1. The predicted octanol–water partition coefficient (Wildman–Crippen LogP) is 3.77. The number of fused-ring (bicyclic) bond motifs is 1. The van der Waals surface area contributed by atoms with Crippen LogP contribution < -0.4 is 4.74 Å². The highest BCUT2D eigenvalue weighted by molar-refractivity contribution is 7.15. The second-order valence-corrected chi connectivity index (χ2v) is 7.68. The molecule has 4 rings (SSSR count). The molecule has 0 aliphatic carbocycles. The van der Waals surface area contributed by atoms with Crippen LogP contribution in [0, 0.1) is 6.92 Å². The van der Waals surface area contributed by atoms with Gasteiger partial charge in [0, 0.05) is 34.8 Å². The van der Waals surface area contributed by atoms with Crippen molar-refractivity contribution in [2.75, 3.05) is 13.2 Å². The molecule has 0 unspecified atom stereocenters. The van der Waals surface area contributed by atoms with Crippen LogP contribution in [0.1, 0.15) is 29.1 Å². The molecule has 0 radical (unpaired) electrons. The lowest BCUT2D eigenvalue weighted by Gasteiger charge is -2.17. The van der Waals surface area contributed by atoms with E-state index in [-0.39, 0.29) is 5.75 Å². The van der Waals surface area contributed by atoms with Crippen LogP contribution in [-0.2, 0) is 19.5 Å². The van der Waals surface area contributed by atoms with Crippen molar-refractivity contribution in [2.24, 2.45) is 0 Å². The highest BCUT2D eigenvalue weighted by atomic mass is 32.1. The zero-order valence-electron chi connectivity index (χ0n) is 14.9. The predicted molar refractivity (Wildman–Crippen MR) is 99.4 cm³/mol. The molecule has 1 N–H and O–H groups in total. The number of aromatic nitrogens is 2. The van der Waals surface area contributed by atoms with E-state index in [1.165, 1.54) is 4.88 Å². The fourth-order valence-corrected chi connectivity index (χ4v) is 3.96. The van der Waals surface area contributed by atoms with Gasteiger partial charge in [-0.1, -0.05) is 6.92 Å². The van der Waals surface area contributed by atoms with E-state index in [4.69, 9.17) is 9.15 Å². The topological polar surface area (TPSA) is 71.6 Å². The number of aryl methyl sites for hydroxylation is 2. The first-order valence-corrected chi connectivity index (χ1v) is 9.53. The number of benzene rings is 1. The summed E-state index contributed by atoms with van der Waals surface area (Å²) in [6, 6.07) is 8.06. The molecule has 26 heavy (non-hydrogen) atoms. The number of rotatable bonds is 4. The van der Waals surface area contributed by atoms with Crippen LogP contribution in [0.5, 0.6) is 11.5 Å². The highest BCUT2D eigenvalue weighted by Gasteiger charge is 2.21. The fourth-order valence-electron chi connectivity index (χ4n) is 3.11. The first-order valence-electron chi connectivity index (χ1n) is 8.71. The standard InChI is InChI=1S/C19H21N3O3S/c1-3-17-20-21-18(25-17)11-22-6-7-24-19-14(10-22)8-13(9-15(19)23)16-5-4-12(2)26-16/h4-5,8-9,23H,3,6-7,10-11H2,1-2H3. The minimum atomic E-state index is 0.191. The van der Waals surface area contributed by atoms with E-state index in [9.17, 15) is 5.11 Å². The van der Waals surface area contributed by atoms with Crippen molar-refractivity contribution >= 4 is 11.3 Å². The summed E-state index contributed by atoms with van der Waals surface area (Å²) in [4.78, 5) is 4.58. The summed E-state index contributed by atoms with van der Waals surface area (Å²) >= 11 is 1.72. The molecule has 0 amide bonds. The molecule has 2 aromatic heterocycles. The summed E-state index contributed by atoms with van der Waals surface area (Å²) in [5, 5.41) is 18.6. The third-order valence-corrected chi connectivity index (χ3v) is 5.44. The number of hydrogen-bond donors (Lipinski definition) is 1. The average molecular weight is 371 g/mol. The van der Waals surface area contributed by atoms with E-state index in [1.54, 1.807) is 17.4 Å². The van der Waals surface area contributed by atoms with Gasteiger partial charge in [-0.15, -0.1) is 21.5 Å². The second-order valence-electron chi connectivity index (χ2n) is 6.40. The van der Waals surface area contributed by atoms with Crippen LogP contribution in [0.2, 0.25) is 0 Å². The van der Waals surface area contributed by atoms with Gasteiger partial charge in [-0.3, -0.25) is 4.90 Å². The van der Waals surface area contributed by atoms with E-state index in [1.807, 2.05) is 6.92 Å². The van der Waals surface area contributed by atoms with Crippen molar-refractivity contribution in [1.29, 1.82) is 0 Å². The quantitative estimate of drug-likeness (QED) is 0.753. The molecule has 1 aromatic carbocycles. The number of thiophene rings is 1. The Morgan fingerprint density at radius 2 is 2.08 bits per heavy atom. The van der Waals surface area contributed by atoms with Crippen molar-refractivity contribution in [2.45, 2.75) is 33.4 Å². The van der Waals surface area contributed by atoms with Gasteiger partial charge >= 0.3 is 0 Å². The maximum atomic E-state index is 10.5. The fraction of sp³-hybridized carbons (Fsp3) is 0.368. The molecule has 6 nitrogen and oxygen atoms in total. The molecule has 0 saturated carbocycles. The Bertz CT molecular complexity index is 919. The molecule has 0 spiro atoms. The Balaban J connectivity index is 1.61. The summed E-state index contributed by atoms with van der Waals surface area (Å²) in [6.07, 6.45) is 0.733. The molecular formula is C19H21N3O3S. The van der Waals surface area contributed by atoms with Crippen LogP contribution in [0.25, 0.3) is 10.4 Å². The maximum absolute atomic E-state index is 10.5. The third-order valence-electron chi connectivity index (χ3n) is 4.39. The molecule has 3 heterocycles. The van der Waals surface area contributed by atoms with Gasteiger partial charge in [0.2, 0.25) is 11.8 Å². The Hall–Kier alpha value is -2.38. The minimum Gasteiger partial charge on any atom is -0.504 e. The number of ether oxygens (including phenoxy) is 1. The van der Waals surface area contributed by atoms with E-state index >= 15 is 0 Å². The number of nitrogens with zero attached hydrogens (tertiary/aromatic N) is 3. The minimum absolute atomic E-state index is 0.191. The Kier molecular flexibility index (Phi) is 4.65. The van der Waals surface area contributed by atoms with Crippen LogP contribution in [0.15, 0.2) is 28.7 Å². The Morgan fingerprint density at radius 1 is 1.23 bits per heavy atom. The first-order chi connectivity index (χ1) is 12.6. The number of phenols is 1. The van der Waals surface area contributed by atoms with Crippen LogP contribution in [-0.4, -0.2) is 33.4 Å². The average Bonchev–Trinajstić information content (AvgIpc) is 3.20. The molecular weight excluding hydrogens is 350 g/mol. The highest BCUT2D eigenvalue weighted by Crippen LogP contribution is 2.39. The zero-order valence-corrected chi connectivity index (χ0v) is 15.7. The smallest absolute Gasteiger partial charge is 0.230 e. The molecule has 7 heteroatoms. The van der Waals surface area contributed by atoms with Crippen LogP contribution in [0.4, 0.5) is 0 Å². The summed E-state index contributed by atoms with van der Waals surface area (Å²) in [7, 11) is 0. The van der Waals surface area contributed by atoms with Crippen molar-refractivity contribution in [3.63, 3.8) is 0 Å². The lowest BCUT2D eigenvalue weighted by atomic mass is 10.1. The van der Waals surface area contributed by atoms with Gasteiger partial charge in [-0.2, -0.15) is 0 Å². The summed E-state index contributed by atoms with van der Waals surface area (Å²) < 4.78 is 11.4. The SMILES string of the molecule is CCc1nnc(CN2CCOc3c(O)cc(-c4ccc(C)s4)cc3C2)o1. The summed E-state index contributed by atoms with van der Waals surface area (Å²) in [5.41, 5.74) is 1.98. The van der Waals surface area contributed by atoms with Crippen molar-refractivity contribution in [3.8, 4) is 21.9 Å². The molecule has 0 bridgehead atoms. The Morgan fingerprint density at radius 3 is 2.81 bits per heavy atom. The van der Waals surface area contributed by atoms with Crippen LogP contribution >= 0.6 is 11.3 Å². The second kappa shape index (κ2) is 7.09. The molecule has 3 aromatic rings. The molecule has 1 aliphatic heterocycles. The van der Waals surface area contributed by atoms with E-state index in [2.05, 4.69) is 40.2 Å². The van der Waals surface area contributed by atoms with Gasteiger partial charge < -0.3 is 14.3 Å². The molecule has 1 aliphatic rings. The number of hydrogen-bond acceptors (Lipinski definition) is 7. The molecule has 0 atom stereocenters. The maximum Gasteiger partial charge on any atom is 0.230 e. The molecule has 136 valence electrons. The van der Waals surface area contributed by atoms with Gasteiger partial charge in [0.1, 0.15) is 6.61 Å². The van der Waals surface area contributed by atoms with Crippen molar-refractivity contribution in [1.82, 2.24) is 15.1 Å². The largest absolute Gasteiger partial charge is 0.504 e. The monoisotopic (exact) mass is 371 g/mol. The van der Waals surface area contributed by atoms with Gasteiger partial charge in [-0.25, -0.2) is 0 Å². The van der Waals surface area contributed by atoms with Crippen LogP contribution in [0.3, 0.4) is 0 Å². The van der Waals surface area contributed by atoms with Gasteiger partial charge in [0.05, 0.1) is 6.54 Å². The normalized spacial score (nSPS) is 14.7. The van der Waals surface area contributed by atoms with E-state index in [0.29, 0.717) is 37.2 Å². The van der Waals surface area contributed by atoms with Gasteiger partial charge in [-0.05, 0) is 36.8 Å².